The van der Waals surface area contributed by atoms with E-state index in [-0.39, 0.29) is 48.4 Å². The minimum absolute atomic E-state index is 0.00468. The van der Waals surface area contributed by atoms with Crippen molar-refractivity contribution in [3.63, 3.8) is 0 Å². The summed E-state index contributed by atoms with van der Waals surface area (Å²) in [6, 6.07) is 0.718. The molecule has 0 bridgehead atoms. The summed E-state index contributed by atoms with van der Waals surface area (Å²) in [5.41, 5.74) is -1.21. The van der Waals surface area contributed by atoms with E-state index >= 15 is 0 Å². The van der Waals surface area contributed by atoms with Crippen molar-refractivity contribution in [1.29, 1.82) is 0 Å². The number of esters is 1. The lowest BCUT2D eigenvalue weighted by Crippen LogP contribution is -2.52. The van der Waals surface area contributed by atoms with Gasteiger partial charge in [-0.15, -0.1) is 11.3 Å². The Balaban J connectivity index is 1.83. The molecular weight excluding hydrogens is 500 g/mol. The first kappa shape index (κ1) is 24.6. The first-order chi connectivity index (χ1) is 16.2. The van der Waals surface area contributed by atoms with E-state index < -0.39 is 35.6 Å². The molecule has 1 aromatic carbocycles. The number of carbonyl (C=O) groups excluding carboxylic acids is 1. The molecule has 0 aliphatic carbocycles. The summed E-state index contributed by atoms with van der Waals surface area (Å²) in [6.07, 6.45) is -3.31. The number of nitrogens with one attached hydrogen (secondary N) is 1. The van der Waals surface area contributed by atoms with Crippen LogP contribution in [0.2, 0.25) is 5.02 Å². The maximum Gasteiger partial charge on any atom is 0.416 e. The molecule has 34 heavy (non-hydrogen) atoms. The summed E-state index contributed by atoms with van der Waals surface area (Å²) in [5, 5.41) is 4.62. The number of rotatable bonds is 5. The zero-order chi connectivity index (χ0) is 24.5. The predicted octanol–water partition coefficient (Wildman–Crippen LogP) is 3.72. The van der Waals surface area contributed by atoms with E-state index in [1.165, 1.54) is 30.7 Å². The molecule has 2 aromatic rings. The Morgan fingerprint density at radius 1 is 1.41 bits per heavy atom. The number of aliphatic imine (C=N–C) groups is 1. The Morgan fingerprint density at radius 3 is 2.85 bits per heavy atom. The zero-order valence-corrected chi connectivity index (χ0v) is 19.3. The van der Waals surface area contributed by atoms with Crippen molar-refractivity contribution >= 4 is 34.7 Å². The van der Waals surface area contributed by atoms with Gasteiger partial charge in [0.05, 0.1) is 25.9 Å². The second kappa shape index (κ2) is 9.98. The molecule has 13 heteroatoms. The number of aromatic nitrogens is 1. The van der Waals surface area contributed by atoms with E-state index in [9.17, 15) is 22.4 Å². The number of nitrogens with zero attached hydrogens (tertiary/aromatic N) is 3. The van der Waals surface area contributed by atoms with Crippen molar-refractivity contribution in [2.45, 2.75) is 18.3 Å². The van der Waals surface area contributed by atoms with E-state index in [0.717, 1.165) is 12.1 Å². The summed E-state index contributed by atoms with van der Waals surface area (Å²) < 4.78 is 67.1. The smallest absolute Gasteiger partial charge is 0.416 e. The number of morpholine rings is 1. The standard InChI is InChI=1S/C21H19ClF4N4O3S/c1-32-20(31)15-10-33-6-5-30(15)9-14-16(21(24,25)26)17(12-3-2-11(23)8-13(12)22)29-18(28-14)19-27-4-7-34-19/h2-4,7-8,15,17H,5-6,9-10H2,1H3,(H,28,29)/t15-,17?/m0/s1. The van der Waals surface area contributed by atoms with E-state index in [2.05, 4.69) is 15.3 Å². The van der Waals surface area contributed by atoms with Crippen molar-refractivity contribution in [1.82, 2.24) is 15.2 Å². The molecule has 1 fully saturated rings. The Labute approximate surface area is 201 Å². The van der Waals surface area contributed by atoms with Crippen molar-refractivity contribution in [2.24, 2.45) is 4.99 Å². The second-order valence-electron chi connectivity index (χ2n) is 7.48. The average Bonchev–Trinajstić information content (AvgIpc) is 3.33. The minimum Gasteiger partial charge on any atom is -0.468 e. The van der Waals surface area contributed by atoms with Gasteiger partial charge in [-0.2, -0.15) is 13.2 Å². The van der Waals surface area contributed by atoms with Gasteiger partial charge >= 0.3 is 12.1 Å². The molecule has 3 heterocycles. The molecule has 0 spiro atoms. The molecule has 2 atom stereocenters. The summed E-state index contributed by atoms with van der Waals surface area (Å²) in [4.78, 5) is 22.2. The van der Waals surface area contributed by atoms with Crippen LogP contribution in [-0.4, -0.2) is 67.3 Å². The highest BCUT2D eigenvalue weighted by molar-refractivity contribution is 7.11. The highest BCUT2D eigenvalue weighted by atomic mass is 35.5. The number of hydrogen-bond acceptors (Lipinski definition) is 8. The number of ether oxygens (including phenoxy) is 2. The Hall–Kier alpha value is -2.54. The summed E-state index contributed by atoms with van der Waals surface area (Å²) in [7, 11) is 1.20. The molecule has 1 unspecified atom stereocenters. The van der Waals surface area contributed by atoms with Gasteiger partial charge in [-0.1, -0.05) is 17.7 Å². The van der Waals surface area contributed by atoms with Crippen LogP contribution in [0.5, 0.6) is 0 Å². The number of amidine groups is 1. The van der Waals surface area contributed by atoms with Gasteiger partial charge < -0.3 is 14.8 Å². The molecule has 7 nitrogen and oxygen atoms in total. The van der Waals surface area contributed by atoms with Crippen molar-refractivity contribution in [3.8, 4) is 0 Å². The fraction of sp³-hybridized carbons (Fsp3) is 0.381. The van der Waals surface area contributed by atoms with Crippen molar-refractivity contribution in [2.75, 3.05) is 33.4 Å². The Bertz CT molecular complexity index is 1120. The number of carbonyl (C=O) groups is 1. The molecule has 1 aromatic heterocycles. The first-order valence-electron chi connectivity index (χ1n) is 10.1. The van der Waals surface area contributed by atoms with Crippen molar-refractivity contribution in [3.05, 3.63) is 62.5 Å². The van der Waals surface area contributed by atoms with Gasteiger partial charge in [0, 0.05) is 35.4 Å². The van der Waals surface area contributed by atoms with Gasteiger partial charge in [-0.3, -0.25) is 14.7 Å². The molecular formula is C21H19ClF4N4O3S. The highest BCUT2D eigenvalue weighted by Gasteiger charge is 2.46. The number of hydrogen-bond donors (Lipinski definition) is 1. The van der Waals surface area contributed by atoms with E-state index in [4.69, 9.17) is 21.1 Å². The third-order valence-electron chi connectivity index (χ3n) is 5.40. The average molecular weight is 519 g/mol. The summed E-state index contributed by atoms with van der Waals surface area (Å²) >= 11 is 7.34. The lowest BCUT2D eigenvalue weighted by Gasteiger charge is -2.37. The van der Waals surface area contributed by atoms with Crippen LogP contribution in [0.15, 0.2) is 46.0 Å². The highest BCUT2D eigenvalue weighted by Crippen LogP contribution is 2.44. The number of alkyl halides is 3. The molecule has 2 aliphatic rings. The molecule has 0 saturated carbocycles. The fourth-order valence-corrected chi connectivity index (χ4v) is 4.69. The van der Waals surface area contributed by atoms with Crippen LogP contribution in [0.3, 0.4) is 0 Å². The minimum atomic E-state index is -4.81. The zero-order valence-electron chi connectivity index (χ0n) is 17.7. The van der Waals surface area contributed by atoms with Gasteiger partial charge in [0.15, 0.2) is 10.8 Å². The third-order valence-corrected chi connectivity index (χ3v) is 6.50. The predicted molar refractivity (Wildman–Crippen MR) is 117 cm³/mol. The van der Waals surface area contributed by atoms with Gasteiger partial charge in [0.1, 0.15) is 17.9 Å². The Morgan fingerprint density at radius 2 is 2.21 bits per heavy atom. The van der Waals surface area contributed by atoms with Crippen LogP contribution >= 0.6 is 22.9 Å². The van der Waals surface area contributed by atoms with E-state index in [1.54, 1.807) is 10.3 Å². The maximum atomic E-state index is 14.5. The molecule has 4 rings (SSSR count). The number of benzene rings is 1. The van der Waals surface area contributed by atoms with Gasteiger partial charge in [-0.25, -0.2) is 9.37 Å². The largest absolute Gasteiger partial charge is 0.468 e. The van der Waals surface area contributed by atoms with Crippen LogP contribution in [0, 0.1) is 5.82 Å². The Kier molecular flexibility index (Phi) is 7.22. The molecule has 1 saturated heterocycles. The second-order valence-corrected chi connectivity index (χ2v) is 8.78. The number of methoxy groups -OCH3 is 1. The maximum absolute atomic E-state index is 14.5. The number of halogens is 5. The van der Waals surface area contributed by atoms with Gasteiger partial charge in [0.2, 0.25) is 0 Å². The van der Waals surface area contributed by atoms with Crippen LogP contribution in [0.1, 0.15) is 16.6 Å². The van der Waals surface area contributed by atoms with Gasteiger partial charge in [0.25, 0.3) is 0 Å². The van der Waals surface area contributed by atoms with Crippen LogP contribution in [0.4, 0.5) is 17.6 Å². The summed E-state index contributed by atoms with van der Waals surface area (Å²) in [5.74, 6) is -1.18. The molecule has 182 valence electrons. The van der Waals surface area contributed by atoms with Gasteiger partial charge in [-0.05, 0) is 17.7 Å². The third kappa shape index (κ3) is 5.09. The lowest BCUT2D eigenvalue weighted by molar-refractivity contribution is -0.152. The summed E-state index contributed by atoms with van der Waals surface area (Å²) in [6.45, 7) is 0.171. The van der Waals surface area contributed by atoms with Crippen LogP contribution in [0.25, 0.3) is 0 Å². The fourth-order valence-electron chi connectivity index (χ4n) is 3.83. The van der Waals surface area contributed by atoms with Crippen molar-refractivity contribution < 1.29 is 31.8 Å². The van der Waals surface area contributed by atoms with E-state index in [0.29, 0.717) is 5.01 Å². The topological polar surface area (TPSA) is 76.1 Å². The molecule has 0 radical (unpaired) electrons. The molecule has 2 aliphatic heterocycles. The quantitative estimate of drug-likeness (QED) is 0.480. The van der Waals surface area contributed by atoms with Crippen LogP contribution in [-0.2, 0) is 14.3 Å². The van der Waals surface area contributed by atoms with Crippen LogP contribution < -0.4 is 5.32 Å². The molecule has 1 N–H and O–H groups in total. The lowest BCUT2D eigenvalue weighted by atomic mass is 9.94. The monoisotopic (exact) mass is 518 g/mol. The SMILES string of the molecule is COC(=O)[C@@H]1COCCN1CC1=C(C(F)(F)F)C(c2ccc(F)cc2Cl)N=C(c2nccs2)N1. The normalized spacial score (nSPS) is 21.8. The number of thiazole rings is 1. The first-order valence-corrected chi connectivity index (χ1v) is 11.3. The molecule has 0 amide bonds. The van der Waals surface area contributed by atoms with E-state index in [1.807, 2.05) is 0 Å².